The molecule has 1 N–H and O–H groups in total. The van der Waals surface area contributed by atoms with Crippen molar-refractivity contribution in [2.45, 2.75) is 20.3 Å². The van der Waals surface area contributed by atoms with E-state index in [1.807, 2.05) is 37.3 Å². The summed E-state index contributed by atoms with van der Waals surface area (Å²) < 4.78 is 10.0. The van der Waals surface area contributed by atoms with E-state index >= 15 is 0 Å². The zero-order valence-corrected chi connectivity index (χ0v) is 15.7. The number of ether oxygens (including phenoxy) is 1. The molecule has 1 aromatic heterocycles. The maximum Gasteiger partial charge on any atom is 0.342 e. The molecule has 1 aliphatic heterocycles. The van der Waals surface area contributed by atoms with Crippen LogP contribution in [0.2, 0.25) is 0 Å². The average molecular weight is 381 g/mol. The Labute approximate surface area is 161 Å². The van der Waals surface area contributed by atoms with Gasteiger partial charge in [0.15, 0.2) is 0 Å². The Morgan fingerprint density at radius 1 is 1.29 bits per heavy atom. The highest BCUT2D eigenvalue weighted by Gasteiger charge is 2.36. The quantitative estimate of drug-likeness (QED) is 0.815. The van der Waals surface area contributed by atoms with Crippen molar-refractivity contribution in [3.05, 3.63) is 46.7 Å². The van der Waals surface area contributed by atoms with Crippen LogP contribution < -0.4 is 10.2 Å². The standard InChI is InChI=1S/C20H19N3O5/c1-11-4-6-14(7-5-11)23-10-13(8-16(23)24)18(25)22-19-15(9-21)17(12(2)28-19)20(26)27-3/h4-7,13H,8,10H2,1-3H3,(H,22,25). The lowest BCUT2D eigenvalue weighted by molar-refractivity contribution is -0.122. The van der Waals surface area contributed by atoms with Crippen molar-refractivity contribution >= 4 is 29.4 Å². The Hall–Kier alpha value is -3.60. The SMILES string of the molecule is COC(=O)c1c(C)oc(NC(=O)C2CC(=O)N(c3ccc(C)cc3)C2)c1C#N. The summed E-state index contributed by atoms with van der Waals surface area (Å²) in [5.74, 6) is -1.89. The van der Waals surface area contributed by atoms with Crippen LogP contribution >= 0.6 is 0 Å². The number of methoxy groups -OCH3 is 1. The lowest BCUT2D eigenvalue weighted by Crippen LogP contribution is -2.28. The van der Waals surface area contributed by atoms with Crippen molar-refractivity contribution < 1.29 is 23.5 Å². The number of rotatable bonds is 4. The van der Waals surface area contributed by atoms with Crippen molar-refractivity contribution in [3.63, 3.8) is 0 Å². The first kappa shape index (κ1) is 19.2. The van der Waals surface area contributed by atoms with Gasteiger partial charge < -0.3 is 14.1 Å². The van der Waals surface area contributed by atoms with Gasteiger partial charge in [0.05, 0.1) is 13.0 Å². The third-order valence-electron chi connectivity index (χ3n) is 4.66. The third kappa shape index (κ3) is 3.47. The second-order valence-electron chi connectivity index (χ2n) is 6.57. The number of carbonyl (C=O) groups is 3. The first-order valence-electron chi connectivity index (χ1n) is 8.65. The van der Waals surface area contributed by atoms with Crippen molar-refractivity contribution in [1.82, 2.24) is 0 Å². The molecule has 1 fully saturated rings. The molecule has 1 atom stereocenters. The summed E-state index contributed by atoms with van der Waals surface area (Å²) in [6, 6.07) is 9.32. The fourth-order valence-electron chi connectivity index (χ4n) is 3.16. The highest BCUT2D eigenvalue weighted by Crippen LogP contribution is 2.30. The molecule has 0 spiro atoms. The van der Waals surface area contributed by atoms with Gasteiger partial charge in [-0.2, -0.15) is 5.26 Å². The molecule has 0 saturated carbocycles. The Morgan fingerprint density at radius 3 is 2.57 bits per heavy atom. The summed E-state index contributed by atoms with van der Waals surface area (Å²) >= 11 is 0. The maximum atomic E-state index is 12.6. The molecule has 1 aromatic carbocycles. The number of anilines is 2. The molecule has 28 heavy (non-hydrogen) atoms. The van der Waals surface area contributed by atoms with Gasteiger partial charge in [0, 0.05) is 18.7 Å². The van der Waals surface area contributed by atoms with Gasteiger partial charge in [-0.15, -0.1) is 0 Å². The molecule has 1 aliphatic rings. The summed E-state index contributed by atoms with van der Waals surface area (Å²) in [4.78, 5) is 38.4. The average Bonchev–Trinajstić information content (AvgIpc) is 3.21. The second-order valence-corrected chi connectivity index (χ2v) is 6.57. The fraction of sp³-hybridized carbons (Fsp3) is 0.300. The van der Waals surface area contributed by atoms with Crippen molar-refractivity contribution in [3.8, 4) is 6.07 Å². The zero-order valence-electron chi connectivity index (χ0n) is 15.7. The zero-order chi connectivity index (χ0) is 20.4. The minimum Gasteiger partial charge on any atom is -0.465 e. The number of hydrogen-bond donors (Lipinski definition) is 1. The number of furan rings is 1. The molecular weight excluding hydrogens is 362 g/mol. The third-order valence-corrected chi connectivity index (χ3v) is 4.66. The molecule has 0 aliphatic carbocycles. The maximum absolute atomic E-state index is 12.6. The predicted octanol–water partition coefficient (Wildman–Crippen LogP) is 2.55. The van der Waals surface area contributed by atoms with Gasteiger partial charge in [0.1, 0.15) is 23.0 Å². The van der Waals surface area contributed by atoms with Crippen LogP contribution in [0.3, 0.4) is 0 Å². The lowest BCUT2D eigenvalue weighted by Gasteiger charge is -2.16. The predicted molar refractivity (Wildman–Crippen MR) is 99.8 cm³/mol. The number of nitrogens with zero attached hydrogens (tertiary/aromatic N) is 2. The molecule has 0 bridgehead atoms. The summed E-state index contributed by atoms with van der Waals surface area (Å²) in [5, 5.41) is 11.9. The summed E-state index contributed by atoms with van der Waals surface area (Å²) in [7, 11) is 1.19. The second kappa shape index (κ2) is 7.56. The largest absolute Gasteiger partial charge is 0.465 e. The van der Waals surface area contributed by atoms with Crippen LogP contribution in [0.5, 0.6) is 0 Å². The van der Waals surface area contributed by atoms with E-state index in [0.29, 0.717) is 0 Å². The number of benzene rings is 1. The molecular formula is C20H19N3O5. The van der Waals surface area contributed by atoms with Crippen LogP contribution in [-0.2, 0) is 14.3 Å². The van der Waals surface area contributed by atoms with E-state index in [1.165, 1.54) is 14.0 Å². The molecule has 2 aromatic rings. The Kier molecular flexibility index (Phi) is 5.18. The topological polar surface area (TPSA) is 113 Å². The Balaban J connectivity index is 1.77. The molecule has 8 nitrogen and oxygen atoms in total. The number of esters is 1. The van der Waals surface area contributed by atoms with Gasteiger partial charge in [0.2, 0.25) is 17.7 Å². The molecule has 2 heterocycles. The Morgan fingerprint density at radius 2 is 1.96 bits per heavy atom. The summed E-state index contributed by atoms with van der Waals surface area (Å²) in [6.45, 7) is 3.67. The van der Waals surface area contributed by atoms with Crippen LogP contribution in [0.1, 0.15) is 33.7 Å². The highest BCUT2D eigenvalue weighted by atomic mass is 16.5. The van der Waals surface area contributed by atoms with Crippen LogP contribution in [0.4, 0.5) is 11.6 Å². The van der Waals surface area contributed by atoms with Gasteiger partial charge in [0.25, 0.3) is 0 Å². The van der Waals surface area contributed by atoms with Crippen molar-refractivity contribution in [2.75, 3.05) is 23.9 Å². The van der Waals surface area contributed by atoms with Gasteiger partial charge >= 0.3 is 5.97 Å². The molecule has 1 unspecified atom stereocenters. The smallest absolute Gasteiger partial charge is 0.342 e. The van der Waals surface area contributed by atoms with E-state index in [4.69, 9.17) is 4.42 Å². The van der Waals surface area contributed by atoms with Crippen LogP contribution in [0.25, 0.3) is 0 Å². The van der Waals surface area contributed by atoms with Crippen LogP contribution in [0, 0.1) is 31.1 Å². The van der Waals surface area contributed by atoms with Crippen LogP contribution in [-0.4, -0.2) is 31.4 Å². The van der Waals surface area contributed by atoms with Gasteiger partial charge in [-0.25, -0.2) is 4.79 Å². The first-order chi connectivity index (χ1) is 13.3. The minimum absolute atomic E-state index is 0.0240. The summed E-state index contributed by atoms with van der Waals surface area (Å²) in [5.41, 5.74) is 1.68. The summed E-state index contributed by atoms with van der Waals surface area (Å²) in [6.07, 6.45) is 0.0468. The number of aryl methyl sites for hydroxylation is 2. The first-order valence-corrected chi connectivity index (χ1v) is 8.65. The van der Waals surface area contributed by atoms with E-state index < -0.39 is 17.8 Å². The highest BCUT2D eigenvalue weighted by molar-refractivity contribution is 6.04. The van der Waals surface area contributed by atoms with Gasteiger partial charge in [-0.05, 0) is 26.0 Å². The minimum atomic E-state index is -0.722. The normalized spacial score (nSPS) is 16.0. The molecule has 0 radical (unpaired) electrons. The van der Waals surface area contributed by atoms with E-state index in [1.54, 1.807) is 4.90 Å². The van der Waals surface area contributed by atoms with E-state index in [-0.39, 0.29) is 41.6 Å². The molecule has 8 heteroatoms. The lowest BCUT2D eigenvalue weighted by atomic mass is 10.1. The monoisotopic (exact) mass is 381 g/mol. The van der Waals surface area contributed by atoms with Gasteiger partial charge in [-0.3, -0.25) is 14.9 Å². The number of carbonyl (C=O) groups excluding carboxylic acids is 3. The molecule has 3 rings (SSSR count). The van der Waals surface area contributed by atoms with Crippen molar-refractivity contribution in [2.24, 2.45) is 5.92 Å². The van der Waals surface area contributed by atoms with E-state index in [2.05, 4.69) is 10.1 Å². The Bertz CT molecular complexity index is 985. The van der Waals surface area contributed by atoms with Crippen molar-refractivity contribution in [1.29, 1.82) is 5.26 Å². The van der Waals surface area contributed by atoms with Crippen LogP contribution in [0.15, 0.2) is 28.7 Å². The fourth-order valence-corrected chi connectivity index (χ4v) is 3.16. The molecule has 144 valence electrons. The molecule has 1 saturated heterocycles. The number of nitriles is 1. The van der Waals surface area contributed by atoms with Gasteiger partial charge in [-0.1, -0.05) is 17.7 Å². The van der Waals surface area contributed by atoms with E-state index in [9.17, 15) is 19.6 Å². The number of nitrogens with one attached hydrogen (secondary N) is 1. The number of amides is 2. The molecule has 2 amide bonds. The number of hydrogen-bond acceptors (Lipinski definition) is 6. The van der Waals surface area contributed by atoms with E-state index in [0.717, 1.165) is 11.3 Å².